The average Bonchev–Trinajstić information content (AvgIpc) is 3.39. The van der Waals surface area contributed by atoms with Gasteiger partial charge in [0.05, 0.1) is 13.2 Å². The molecule has 0 aliphatic carbocycles. The number of alkyl carbamates (subject to hydrolysis) is 1. The summed E-state index contributed by atoms with van der Waals surface area (Å²) < 4.78 is 33.8. The molecule has 75 heavy (non-hydrogen) atoms. The van der Waals surface area contributed by atoms with Crippen LogP contribution in [0.1, 0.15) is 291 Å². The first-order valence-electron chi connectivity index (χ1n) is 31.1. The molecular formula is C61H116N2O12. The SMILES string of the molecule is CCCCCCCCCCCOC(=O)CCCCCCCC(=O)OCC(COC(=O)CCCCCCCC(=O)OCCCCCCCCCCC)OC(O)CCC(CCCCCCCC)OC(=O)NCCN(C)CC. The molecule has 0 radical (unpaired) electrons. The van der Waals surface area contributed by atoms with E-state index in [4.69, 9.17) is 28.4 Å². The molecule has 2 N–H and O–H groups in total. The highest BCUT2D eigenvalue weighted by atomic mass is 16.6. The van der Waals surface area contributed by atoms with E-state index in [1.54, 1.807) is 0 Å². The standard InChI is InChI=1S/C61H116N2O12/c1-6-10-13-16-19-21-23-32-39-50-70-56(64)42-35-28-25-30-37-44-58(66)72-52-55(74-60(68)47-46-54(41-34-27-18-15-12-8-3)75-61(69)62-48-49-63(5)9-4)53-73-59(67)45-38-31-26-29-36-43-57(65)71-51-40-33-24-22-20-17-14-11-7-2/h54-55,60,68H,6-53H2,1-5H3,(H,62,69). The Morgan fingerprint density at radius 3 is 1.15 bits per heavy atom. The molecule has 0 aromatic rings. The van der Waals surface area contributed by atoms with E-state index < -0.39 is 36.5 Å². The average molecular weight is 1070 g/mol. The van der Waals surface area contributed by atoms with Crippen LogP contribution in [0.3, 0.4) is 0 Å². The highest BCUT2D eigenvalue weighted by Gasteiger charge is 2.22. The van der Waals surface area contributed by atoms with Crippen molar-refractivity contribution in [1.29, 1.82) is 0 Å². The molecule has 2 unspecified atom stereocenters. The summed E-state index contributed by atoms with van der Waals surface area (Å²) in [5.41, 5.74) is 0. The molecule has 0 saturated carbocycles. The van der Waals surface area contributed by atoms with E-state index in [-0.39, 0.29) is 44.4 Å². The van der Waals surface area contributed by atoms with Crippen molar-refractivity contribution < 1.29 is 57.5 Å². The smallest absolute Gasteiger partial charge is 0.407 e. The third-order valence-corrected chi connectivity index (χ3v) is 13.9. The van der Waals surface area contributed by atoms with Crippen LogP contribution < -0.4 is 5.32 Å². The van der Waals surface area contributed by atoms with Gasteiger partial charge in [-0.3, -0.25) is 19.2 Å². The molecule has 0 rings (SSSR count). The number of ether oxygens (including phenoxy) is 6. The van der Waals surface area contributed by atoms with Gasteiger partial charge in [0, 0.05) is 45.2 Å². The molecule has 14 heteroatoms. The summed E-state index contributed by atoms with van der Waals surface area (Å²) in [6.07, 6.45) is 36.0. The van der Waals surface area contributed by atoms with Crippen LogP contribution in [-0.2, 0) is 47.6 Å². The summed E-state index contributed by atoms with van der Waals surface area (Å²) in [4.78, 5) is 64.9. The number of aliphatic hydroxyl groups is 1. The minimum Gasteiger partial charge on any atom is -0.466 e. The van der Waals surface area contributed by atoms with Crippen LogP contribution in [0.5, 0.6) is 0 Å². The van der Waals surface area contributed by atoms with Crippen molar-refractivity contribution in [2.45, 2.75) is 309 Å². The lowest BCUT2D eigenvalue weighted by Gasteiger charge is -2.24. The third kappa shape index (κ3) is 52.8. The molecule has 0 fully saturated rings. The van der Waals surface area contributed by atoms with Crippen LogP contribution in [0.15, 0.2) is 0 Å². The molecule has 0 aliphatic rings. The second kappa shape index (κ2) is 55.8. The minimum absolute atomic E-state index is 0.137. The maximum Gasteiger partial charge on any atom is 0.407 e. The quantitative estimate of drug-likeness (QED) is 0.0255. The number of nitrogens with one attached hydrogen (secondary N) is 1. The Hall–Kier alpha value is -2.97. The summed E-state index contributed by atoms with van der Waals surface area (Å²) in [5, 5.41) is 13.9. The fraction of sp³-hybridized carbons (Fsp3) is 0.918. The van der Waals surface area contributed by atoms with Gasteiger partial charge >= 0.3 is 30.0 Å². The summed E-state index contributed by atoms with van der Waals surface area (Å²) in [6.45, 7) is 11.4. The van der Waals surface area contributed by atoms with E-state index in [1.165, 1.54) is 109 Å². The molecular weight excluding hydrogens is 953 g/mol. The highest BCUT2D eigenvalue weighted by Crippen LogP contribution is 2.18. The lowest BCUT2D eigenvalue weighted by molar-refractivity contribution is -0.183. The zero-order chi connectivity index (χ0) is 55.1. The van der Waals surface area contributed by atoms with Crippen molar-refractivity contribution in [3.05, 3.63) is 0 Å². The van der Waals surface area contributed by atoms with Gasteiger partial charge in [-0.1, -0.05) is 201 Å². The Bertz CT molecular complexity index is 1250. The van der Waals surface area contributed by atoms with E-state index >= 15 is 0 Å². The van der Waals surface area contributed by atoms with Crippen molar-refractivity contribution in [3.63, 3.8) is 0 Å². The fourth-order valence-electron chi connectivity index (χ4n) is 8.86. The van der Waals surface area contributed by atoms with Crippen molar-refractivity contribution in [2.75, 3.05) is 53.1 Å². The van der Waals surface area contributed by atoms with Gasteiger partial charge in [0.2, 0.25) is 0 Å². The van der Waals surface area contributed by atoms with E-state index in [9.17, 15) is 29.1 Å². The Kier molecular flexibility index (Phi) is 53.6. The number of likely N-dealkylation sites (N-methyl/N-ethyl adjacent to an activating group) is 1. The third-order valence-electron chi connectivity index (χ3n) is 13.9. The minimum atomic E-state index is -1.27. The largest absolute Gasteiger partial charge is 0.466 e. The number of hydrogen-bond acceptors (Lipinski definition) is 13. The van der Waals surface area contributed by atoms with Gasteiger partial charge in [-0.2, -0.15) is 0 Å². The molecule has 1 amide bonds. The van der Waals surface area contributed by atoms with E-state index in [2.05, 4.69) is 37.9 Å². The molecule has 0 aliphatic heterocycles. The second-order valence-electron chi connectivity index (χ2n) is 21.2. The number of carbonyl (C=O) groups excluding carboxylic acids is 5. The predicted molar refractivity (Wildman–Crippen MR) is 302 cm³/mol. The Morgan fingerprint density at radius 1 is 0.413 bits per heavy atom. The molecule has 0 saturated heterocycles. The van der Waals surface area contributed by atoms with E-state index in [0.717, 1.165) is 103 Å². The van der Waals surface area contributed by atoms with E-state index in [1.807, 2.05) is 7.05 Å². The molecule has 0 bridgehead atoms. The maximum absolute atomic E-state index is 12.8. The highest BCUT2D eigenvalue weighted by molar-refractivity contribution is 5.70. The van der Waals surface area contributed by atoms with Gasteiger partial charge < -0.3 is 43.7 Å². The van der Waals surface area contributed by atoms with Crippen LogP contribution in [-0.4, -0.2) is 112 Å². The van der Waals surface area contributed by atoms with Crippen LogP contribution in [0.25, 0.3) is 0 Å². The normalized spacial score (nSPS) is 12.2. The maximum atomic E-state index is 12.8. The van der Waals surface area contributed by atoms with Crippen LogP contribution in [0, 0.1) is 0 Å². The first-order valence-corrected chi connectivity index (χ1v) is 31.1. The lowest BCUT2D eigenvalue weighted by atomic mass is 10.0. The fourth-order valence-corrected chi connectivity index (χ4v) is 8.86. The number of unbranched alkanes of at least 4 members (excludes halogenated alkanes) is 29. The predicted octanol–water partition coefficient (Wildman–Crippen LogP) is 15.0. The number of aliphatic hydroxyl groups excluding tert-OH is 1. The van der Waals surface area contributed by atoms with Crippen molar-refractivity contribution in [1.82, 2.24) is 10.2 Å². The number of hydrogen-bond donors (Lipinski definition) is 2. The zero-order valence-electron chi connectivity index (χ0n) is 49.1. The summed E-state index contributed by atoms with van der Waals surface area (Å²) >= 11 is 0. The summed E-state index contributed by atoms with van der Waals surface area (Å²) in [7, 11) is 1.99. The molecule has 0 spiro atoms. The number of rotatable bonds is 57. The van der Waals surface area contributed by atoms with Crippen molar-refractivity contribution in [3.8, 4) is 0 Å². The number of carbonyl (C=O) groups is 5. The lowest BCUT2D eigenvalue weighted by Crippen LogP contribution is -2.36. The molecule has 14 nitrogen and oxygen atoms in total. The molecule has 0 aromatic heterocycles. The van der Waals surface area contributed by atoms with Gasteiger partial charge in [0.15, 0.2) is 6.29 Å². The first kappa shape index (κ1) is 72.0. The zero-order valence-corrected chi connectivity index (χ0v) is 49.1. The summed E-state index contributed by atoms with van der Waals surface area (Å²) in [6, 6.07) is 0. The number of amides is 1. The topological polar surface area (TPSA) is 176 Å². The van der Waals surface area contributed by atoms with Crippen LogP contribution in [0.2, 0.25) is 0 Å². The van der Waals surface area contributed by atoms with Gasteiger partial charge in [-0.15, -0.1) is 0 Å². The molecule has 0 aromatic carbocycles. The van der Waals surface area contributed by atoms with Gasteiger partial charge in [-0.05, 0) is 71.4 Å². The number of esters is 4. The van der Waals surface area contributed by atoms with Crippen molar-refractivity contribution in [2.24, 2.45) is 0 Å². The molecule has 2 atom stereocenters. The van der Waals surface area contributed by atoms with E-state index in [0.29, 0.717) is 64.8 Å². The monoisotopic (exact) mass is 1070 g/mol. The number of nitrogens with zero attached hydrogens (tertiary/aromatic N) is 1. The van der Waals surface area contributed by atoms with Crippen molar-refractivity contribution >= 4 is 30.0 Å². The van der Waals surface area contributed by atoms with Crippen LogP contribution >= 0.6 is 0 Å². The molecule has 442 valence electrons. The Labute approximate surface area is 458 Å². The second-order valence-corrected chi connectivity index (χ2v) is 21.2. The van der Waals surface area contributed by atoms with Gasteiger partial charge in [0.25, 0.3) is 0 Å². The summed E-state index contributed by atoms with van der Waals surface area (Å²) in [5.74, 6) is -1.08. The molecule has 0 heterocycles. The van der Waals surface area contributed by atoms with Gasteiger partial charge in [-0.25, -0.2) is 4.79 Å². The Morgan fingerprint density at radius 2 is 0.760 bits per heavy atom. The Balaban J connectivity index is 4.89. The van der Waals surface area contributed by atoms with Crippen LogP contribution in [0.4, 0.5) is 4.79 Å². The van der Waals surface area contributed by atoms with Gasteiger partial charge in [0.1, 0.15) is 25.4 Å². The first-order chi connectivity index (χ1) is 36.5.